The summed E-state index contributed by atoms with van der Waals surface area (Å²) >= 11 is 3.51. The van der Waals surface area contributed by atoms with Crippen molar-refractivity contribution in [2.75, 3.05) is 13.2 Å². The molecule has 1 aliphatic carbocycles. The molecule has 0 aromatic heterocycles. The van der Waals surface area contributed by atoms with Gasteiger partial charge in [0.1, 0.15) is 5.75 Å². The van der Waals surface area contributed by atoms with E-state index >= 15 is 0 Å². The highest BCUT2D eigenvalue weighted by atomic mass is 79.9. The minimum atomic E-state index is -0.238. The van der Waals surface area contributed by atoms with Crippen molar-refractivity contribution in [3.63, 3.8) is 0 Å². The van der Waals surface area contributed by atoms with Crippen LogP contribution in [0.3, 0.4) is 0 Å². The van der Waals surface area contributed by atoms with Crippen LogP contribution in [-0.2, 0) is 5.41 Å². The summed E-state index contributed by atoms with van der Waals surface area (Å²) < 4.78 is 6.86. The van der Waals surface area contributed by atoms with Crippen molar-refractivity contribution in [2.24, 2.45) is 5.92 Å². The van der Waals surface area contributed by atoms with Crippen LogP contribution in [0.25, 0.3) is 0 Å². The van der Waals surface area contributed by atoms with E-state index in [9.17, 15) is 5.11 Å². The number of hydrogen-bond acceptors (Lipinski definition) is 2. The molecule has 0 saturated heterocycles. The molecule has 3 heteroatoms. The van der Waals surface area contributed by atoms with Crippen molar-refractivity contribution in [1.29, 1.82) is 0 Å². The second-order valence-corrected chi connectivity index (χ2v) is 6.74. The average Bonchev–Trinajstić information content (AvgIpc) is 2.26. The summed E-state index contributed by atoms with van der Waals surface area (Å²) in [6.45, 7) is 5.01. The quantitative estimate of drug-likeness (QED) is 0.893. The van der Waals surface area contributed by atoms with Gasteiger partial charge in [0, 0.05) is 9.89 Å². The number of aliphatic hydroxyl groups excluding tert-OH is 1. The molecule has 0 bridgehead atoms. The van der Waals surface area contributed by atoms with E-state index in [4.69, 9.17) is 4.74 Å². The van der Waals surface area contributed by atoms with E-state index in [0.29, 0.717) is 0 Å². The smallest absolute Gasteiger partial charge is 0.120 e. The van der Waals surface area contributed by atoms with Crippen LogP contribution < -0.4 is 4.74 Å². The first-order chi connectivity index (χ1) is 8.51. The van der Waals surface area contributed by atoms with Crippen LogP contribution in [0.15, 0.2) is 22.7 Å². The van der Waals surface area contributed by atoms with Gasteiger partial charge in [0.15, 0.2) is 0 Å². The fourth-order valence-corrected chi connectivity index (χ4v) is 2.47. The first-order valence-corrected chi connectivity index (χ1v) is 7.35. The number of rotatable bonds is 5. The molecule has 0 unspecified atom stereocenters. The average molecular weight is 313 g/mol. The normalized spacial score (nSPS) is 16.4. The van der Waals surface area contributed by atoms with E-state index in [-0.39, 0.29) is 12.0 Å². The minimum Gasteiger partial charge on any atom is -0.493 e. The summed E-state index contributed by atoms with van der Waals surface area (Å²) in [5, 5.41) is 9.44. The van der Waals surface area contributed by atoms with Gasteiger partial charge >= 0.3 is 0 Å². The standard InChI is InChI=1S/C15H21BrO2/c1-15(2,10-17)12-6-13(16)8-14(7-12)18-9-11-4-3-5-11/h6-8,11,17H,3-5,9-10H2,1-2H3. The summed E-state index contributed by atoms with van der Waals surface area (Å²) in [7, 11) is 0. The van der Waals surface area contributed by atoms with Crippen molar-refractivity contribution in [3.8, 4) is 5.75 Å². The summed E-state index contributed by atoms with van der Waals surface area (Å²) in [6, 6.07) is 6.09. The Hall–Kier alpha value is -0.540. The summed E-state index contributed by atoms with van der Waals surface area (Å²) in [5.74, 6) is 1.63. The minimum absolute atomic E-state index is 0.130. The van der Waals surface area contributed by atoms with Crippen LogP contribution in [0.4, 0.5) is 0 Å². The Balaban J connectivity index is 2.10. The van der Waals surface area contributed by atoms with Crippen molar-refractivity contribution in [3.05, 3.63) is 28.2 Å². The molecule has 1 aliphatic rings. The number of aliphatic hydroxyl groups is 1. The topological polar surface area (TPSA) is 29.5 Å². The van der Waals surface area contributed by atoms with Gasteiger partial charge in [-0.05, 0) is 42.5 Å². The van der Waals surface area contributed by atoms with Crippen molar-refractivity contribution in [2.45, 2.75) is 38.5 Å². The van der Waals surface area contributed by atoms with Gasteiger partial charge in [-0.2, -0.15) is 0 Å². The van der Waals surface area contributed by atoms with Gasteiger partial charge in [-0.25, -0.2) is 0 Å². The summed E-state index contributed by atoms with van der Waals surface area (Å²) in [6.07, 6.45) is 3.93. The number of hydrogen-bond donors (Lipinski definition) is 1. The van der Waals surface area contributed by atoms with Crippen molar-refractivity contribution < 1.29 is 9.84 Å². The van der Waals surface area contributed by atoms with Crippen molar-refractivity contribution >= 4 is 15.9 Å². The van der Waals surface area contributed by atoms with E-state index in [2.05, 4.69) is 15.9 Å². The van der Waals surface area contributed by atoms with Gasteiger partial charge < -0.3 is 9.84 Å². The molecule has 1 saturated carbocycles. The predicted octanol–water partition coefficient (Wildman–Crippen LogP) is 3.90. The molecule has 1 N–H and O–H groups in total. The molecule has 100 valence electrons. The Kier molecular flexibility index (Phi) is 4.33. The highest BCUT2D eigenvalue weighted by molar-refractivity contribution is 9.10. The Morgan fingerprint density at radius 1 is 1.33 bits per heavy atom. The molecule has 18 heavy (non-hydrogen) atoms. The van der Waals surface area contributed by atoms with E-state index < -0.39 is 0 Å². The monoisotopic (exact) mass is 312 g/mol. The Morgan fingerprint density at radius 3 is 2.61 bits per heavy atom. The zero-order chi connectivity index (χ0) is 13.2. The second kappa shape index (κ2) is 5.62. The zero-order valence-corrected chi connectivity index (χ0v) is 12.7. The van der Waals surface area contributed by atoms with Gasteiger partial charge in [-0.15, -0.1) is 0 Å². The second-order valence-electron chi connectivity index (χ2n) is 5.83. The lowest BCUT2D eigenvalue weighted by molar-refractivity contribution is 0.179. The maximum atomic E-state index is 9.44. The fraction of sp³-hybridized carbons (Fsp3) is 0.600. The largest absolute Gasteiger partial charge is 0.493 e. The lowest BCUT2D eigenvalue weighted by atomic mass is 9.85. The van der Waals surface area contributed by atoms with Crippen LogP contribution in [0.1, 0.15) is 38.7 Å². The molecule has 1 fully saturated rings. The van der Waals surface area contributed by atoms with Gasteiger partial charge in [0.05, 0.1) is 13.2 Å². The number of benzene rings is 1. The first-order valence-electron chi connectivity index (χ1n) is 6.56. The molecule has 1 aromatic rings. The number of ether oxygens (including phenoxy) is 1. The molecule has 2 nitrogen and oxygen atoms in total. The molecular weight excluding hydrogens is 292 g/mol. The van der Waals surface area contributed by atoms with Crippen LogP contribution in [0, 0.1) is 5.92 Å². The summed E-state index contributed by atoms with van der Waals surface area (Å²) in [5.41, 5.74) is 0.862. The van der Waals surface area contributed by atoms with E-state index in [1.165, 1.54) is 19.3 Å². The third kappa shape index (κ3) is 3.27. The Bertz CT molecular complexity index is 411. The van der Waals surface area contributed by atoms with E-state index in [0.717, 1.165) is 28.3 Å². The third-order valence-electron chi connectivity index (χ3n) is 3.76. The molecule has 0 heterocycles. The van der Waals surface area contributed by atoms with Gasteiger partial charge in [-0.3, -0.25) is 0 Å². The van der Waals surface area contributed by atoms with E-state index in [1.807, 2.05) is 32.0 Å². The van der Waals surface area contributed by atoms with Crippen LogP contribution in [-0.4, -0.2) is 18.3 Å². The SMILES string of the molecule is CC(C)(CO)c1cc(Br)cc(OCC2CCC2)c1. The summed E-state index contributed by atoms with van der Waals surface area (Å²) in [4.78, 5) is 0. The Morgan fingerprint density at radius 2 is 2.06 bits per heavy atom. The van der Waals surface area contributed by atoms with Crippen molar-refractivity contribution in [1.82, 2.24) is 0 Å². The molecule has 0 spiro atoms. The van der Waals surface area contributed by atoms with Gasteiger partial charge in [0.25, 0.3) is 0 Å². The molecule has 0 amide bonds. The van der Waals surface area contributed by atoms with E-state index in [1.54, 1.807) is 0 Å². The first kappa shape index (κ1) is 13.9. The molecule has 0 aliphatic heterocycles. The maximum absolute atomic E-state index is 9.44. The van der Waals surface area contributed by atoms with Gasteiger partial charge in [0.2, 0.25) is 0 Å². The highest BCUT2D eigenvalue weighted by Gasteiger charge is 2.22. The lowest BCUT2D eigenvalue weighted by Gasteiger charge is -2.26. The van der Waals surface area contributed by atoms with Crippen LogP contribution in [0.2, 0.25) is 0 Å². The van der Waals surface area contributed by atoms with Crippen LogP contribution >= 0.6 is 15.9 Å². The predicted molar refractivity (Wildman–Crippen MR) is 77.1 cm³/mol. The maximum Gasteiger partial charge on any atom is 0.120 e. The fourth-order valence-electron chi connectivity index (χ4n) is 2.00. The molecule has 2 rings (SSSR count). The highest BCUT2D eigenvalue weighted by Crippen LogP contribution is 2.31. The van der Waals surface area contributed by atoms with Crippen LogP contribution in [0.5, 0.6) is 5.75 Å². The number of halogens is 1. The third-order valence-corrected chi connectivity index (χ3v) is 4.22. The molecule has 1 aromatic carbocycles. The Labute approximate surface area is 117 Å². The zero-order valence-electron chi connectivity index (χ0n) is 11.1. The molecule has 0 radical (unpaired) electrons. The lowest BCUT2D eigenvalue weighted by Crippen LogP contribution is -2.22. The molecular formula is C15H21BrO2. The van der Waals surface area contributed by atoms with Gasteiger partial charge in [-0.1, -0.05) is 36.2 Å². The molecule has 0 atom stereocenters.